The fourth-order valence-electron chi connectivity index (χ4n) is 4.95. The number of carbonyl (C=O) groups is 1. The van der Waals surface area contributed by atoms with E-state index in [1.54, 1.807) is 0 Å². The zero-order valence-corrected chi connectivity index (χ0v) is 26.6. The van der Waals surface area contributed by atoms with Gasteiger partial charge in [-0.2, -0.15) is 0 Å². The van der Waals surface area contributed by atoms with Crippen molar-refractivity contribution >= 4 is 5.97 Å². The van der Waals surface area contributed by atoms with Gasteiger partial charge in [-0.05, 0) is 117 Å². The Morgan fingerprint density at radius 1 is 0.575 bits per heavy atom. The van der Waals surface area contributed by atoms with Gasteiger partial charge in [0.2, 0.25) is 0 Å². The van der Waals surface area contributed by atoms with Crippen LogP contribution in [0.2, 0.25) is 0 Å². The number of hydrogen-bond acceptors (Lipinski definition) is 5. The normalized spacial score (nSPS) is 12.7. The zero-order chi connectivity index (χ0) is 29.4. The minimum atomic E-state index is -0.0133. The van der Waals surface area contributed by atoms with Crippen LogP contribution in [0.5, 0.6) is 0 Å². The Labute approximate surface area is 248 Å². The molecule has 0 aromatic rings. The Bertz CT molecular complexity index is 540. The van der Waals surface area contributed by atoms with Crippen molar-refractivity contribution in [2.75, 3.05) is 33.9 Å². The maximum absolute atomic E-state index is 12.4. The average molecular weight is 566 g/mol. The summed E-state index contributed by atoms with van der Waals surface area (Å²) >= 11 is 0. The molecule has 0 rings (SSSR count). The lowest BCUT2D eigenvalue weighted by Gasteiger charge is -2.18. The third-order valence-electron chi connectivity index (χ3n) is 7.47. The van der Waals surface area contributed by atoms with E-state index in [4.69, 9.17) is 14.9 Å². The topological polar surface area (TPSA) is 70.0 Å². The van der Waals surface area contributed by atoms with Crippen molar-refractivity contribution in [1.29, 1.82) is 0 Å². The Morgan fingerprint density at radius 2 is 0.950 bits per heavy atom. The molecule has 0 aliphatic rings. The minimum Gasteiger partial charge on any atom is -0.462 e. The molecule has 0 aliphatic heterocycles. The first-order valence-electron chi connectivity index (χ1n) is 17.0. The van der Waals surface area contributed by atoms with Gasteiger partial charge in [0.15, 0.2) is 0 Å². The molecule has 0 unspecified atom stereocenters. The molecule has 0 saturated carbocycles. The van der Waals surface area contributed by atoms with Crippen LogP contribution in [0.1, 0.15) is 154 Å². The molecule has 236 valence electrons. The number of aliphatic hydroxyl groups is 2. The monoisotopic (exact) mass is 566 g/mol. The van der Waals surface area contributed by atoms with Crippen molar-refractivity contribution in [2.45, 2.75) is 160 Å². The molecule has 5 heteroatoms. The molecule has 5 nitrogen and oxygen atoms in total. The number of ether oxygens (including phenoxy) is 1. The summed E-state index contributed by atoms with van der Waals surface area (Å²) in [5, 5.41) is 17.6. The number of rotatable bonds is 31. The molecule has 0 amide bonds. The summed E-state index contributed by atoms with van der Waals surface area (Å²) in [5.74, 6) is -0.0133. The van der Waals surface area contributed by atoms with E-state index in [1.807, 2.05) is 14.1 Å². The Balaban J connectivity index is 4.00. The summed E-state index contributed by atoms with van der Waals surface area (Å²) in [6, 6.07) is 0. The van der Waals surface area contributed by atoms with Gasteiger partial charge < -0.3 is 19.8 Å². The van der Waals surface area contributed by atoms with Gasteiger partial charge >= 0.3 is 5.97 Å². The fourth-order valence-corrected chi connectivity index (χ4v) is 4.95. The lowest BCUT2D eigenvalue weighted by molar-refractivity contribution is -0.150. The van der Waals surface area contributed by atoms with Gasteiger partial charge in [0.25, 0.3) is 0 Å². The number of allylic oxidation sites excluding steroid dienone is 4. The summed E-state index contributed by atoms with van der Waals surface area (Å²) in [6.45, 7) is 1.54. The van der Waals surface area contributed by atoms with Gasteiger partial charge in [-0.3, -0.25) is 4.79 Å². The first-order chi connectivity index (χ1) is 19.6. The van der Waals surface area contributed by atoms with Crippen LogP contribution in [0.4, 0.5) is 0 Å². The van der Waals surface area contributed by atoms with Gasteiger partial charge in [-0.25, -0.2) is 0 Å². The highest BCUT2D eigenvalue weighted by Crippen LogP contribution is 2.18. The van der Waals surface area contributed by atoms with E-state index < -0.39 is 0 Å². The number of nitrogens with zero attached hydrogens (tertiary/aromatic N) is 1. The van der Waals surface area contributed by atoms with Crippen molar-refractivity contribution < 1.29 is 19.7 Å². The highest BCUT2D eigenvalue weighted by Gasteiger charge is 2.14. The summed E-state index contributed by atoms with van der Waals surface area (Å²) in [7, 11) is 4.09. The molecule has 0 saturated heterocycles. The van der Waals surface area contributed by atoms with Crippen molar-refractivity contribution in [1.82, 2.24) is 4.90 Å². The van der Waals surface area contributed by atoms with Crippen LogP contribution in [-0.2, 0) is 9.53 Å². The smallest absolute Gasteiger partial charge is 0.306 e. The SMILES string of the molecule is CN(C)CCCC(=O)OC(CCCCCCCCC=CCCCCO)CCCCCCCCC=CCCCCO. The second-order valence-electron chi connectivity index (χ2n) is 11.8. The first-order valence-corrected chi connectivity index (χ1v) is 17.0. The quantitative estimate of drug-likeness (QED) is 0.0499. The predicted molar refractivity (Wildman–Crippen MR) is 172 cm³/mol. The van der Waals surface area contributed by atoms with Crippen LogP contribution in [0, 0.1) is 0 Å². The van der Waals surface area contributed by atoms with Crippen LogP contribution in [0.15, 0.2) is 24.3 Å². The fraction of sp³-hybridized carbons (Fsp3) is 0.857. The lowest BCUT2D eigenvalue weighted by Crippen LogP contribution is -2.20. The highest BCUT2D eigenvalue weighted by atomic mass is 16.5. The van der Waals surface area contributed by atoms with Gasteiger partial charge in [-0.1, -0.05) is 75.7 Å². The van der Waals surface area contributed by atoms with Crippen LogP contribution < -0.4 is 0 Å². The molecule has 0 spiro atoms. The van der Waals surface area contributed by atoms with Crippen molar-refractivity contribution in [3.05, 3.63) is 24.3 Å². The summed E-state index contributed by atoms with van der Waals surface area (Å²) in [6.07, 6.45) is 36.3. The maximum atomic E-state index is 12.4. The molecule has 0 atom stereocenters. The van der Waals surface area contributed by atoms with Crippen molar-refractivity contribution in [2.24, 2.45) is 0 Å². The van der Waals surface area contributed by atoms with E-state index in [9.17, 15) is 4.79 Å². The van der Waals surface area contributed by atoms with Crippen molar-refractivity contribution in [3.63, 3.8) is 0 Å². The lowest BCUT2D eigenvalue weighted by atomic mass is 10.0. The van der Waals surface area contributed by atoms with Gasteiger partial charge in [0, 0.05) is 19.6 Å². The predicted octanol–water partition coefficient (Wildman–Crippen LogP) is 8.92. The van der Waals surface area contributed by atoms with Gasteiger partial charge in [-0.15, -0.1) is 0 Å². The molecular weight excluding hydrogens is 498 g/mol. The number of esters is 1. The molecule has 0 aromatic heterocycles. The van der Waals surface area contributed by atoms with Crippen LogP contribution in [0.3, 0.4) is 0 Å². The second-order valence-corrected chi connectivity index (χ2v) is 11.8. The molecule has 0 heterocycles. The highest BCUT2D eigenvalue weighted by molar-refractivity contribution is 5.69. The van der Waals surface area contributed by atoms with Crippen LogP contribution in [0.25, 0.3) is 0 Å². The average Bonchev–Trinajstić information content (AvgIpc) is 2.93. The summed E-state index contributed by atoms with van der Waals surface area (Å²) in [5.41, 5.74) is 0. The first kappa shape index (κ1) is 38.8. The number of hydrogen-bond donors (Lipinski definition) is 2. The van der Waals surface area contributed by atoms with E-state index in [0.717, 1.165) is 77.2 Å². The van der Waals surface area contributed by atoms with E-state index in [2.05, 4.69) is 29.2 Å². The number of unbranched alkanes of at least 4 members (excludes halogenated alkanes) is 16. The van der Waals surface area contributed by atoms with Crippen LogP contribution in [-0.4, -0.2) is 61.0 Å². The number of aliphatic hydroxyl groups excluding tert-OH is 2. The third kappa shape index (κ3) is 31.4. The Morgan fingerprint density at radius 3 is 1.35 bits per heavy atom. The van der Waals surface area contributed by atoms with Gasteiger partial charge in [0.05, 0.1) is 0 Å². The zero-order valence-electron chi connectivity index (χ0n) is 26.6. The number of carbonyl (C=O) groups excluding carboxylic acids is 1. The molecule has 40 heavy (non-hydrogen) atoms. The van der Waals surface area contributed by atoms with Crippen LogP contribution >= 0.6 is 0 Å². The third-order valence-corrected chi connectivity index (χ3v) is 7.47. The maximum Gasteiger partial charge on any atom is 0.306 e. The standard InChI is InChI=1S/C35H67NO4/c1-36(2)31-27-30-35(39)40-34(28-23-19-15-11-7-3-5-9-13-17-21-25-32-37)29-24-20-16-12-8-4-6-10-14-18-22-26-33-38/h9-10,13-14,34,37-38H,3-8,11-12,15-33H2,1-2H3. The van der Waals surface area contributed by atoms with Crippen molar-refractivity contribution in [3.8, 4) is 0 Å². The molecule has 0 radical (unpaired) electrons. The Hall–Kier alpha value is -1.17. The van der Waals surface area contributed by atoms with E-state index in [0.29, 0.717) is 19.6 Å². The largest absolute Gasteiger partial charge is 0.462 e. The Kier molecular flexibility index (Phi) is 31.4. The molecule has 2 N–H and O–H groups in total. The molecule has 0 aliphatic carbocycles. The molecule has 0 aromatic carbocycles. The second kappa shape index (κ2) is 32.3. The van der Waals surface area contributed by atoms with E-state index in [1.165, 1.54) is 77.0 Å². The molecule has 0 bridgehead atoms. The van der Waals surface area contributed by atoms with E-state index in [-0.39, 0.29) is 12.1 Å². The van der Waals surface area contributed by atoms with Gasteiger partial charge in [0.1, 0.15) is 6.10 Å². The summed E-state index contributed by atoms with van der Waals surface area (Å²) in [4.78, 5) is 14.5. The summed E-state index contributed by atoms with van der Waals surface area (Å²) < 4.78 is 5.95. The van der Waals surface area contributed by atoms with E-state index >= 15 is 0 Å². The molecule has 0 fully saturated rings. The molecular formula is C35H67NO4. The minimum absolute atomic E-state index is 0.0133.